The van der Waals surface area contributed by atoms with Gasteiger partial charge >= 0.3 is 5.97 Å². The van der Waals surface area contributed by atoms with Gasteiger partial charge in [0, 0.05) is 36.0 Å². The van der Waals surface area contributed by atoms with Crippen LogP contribution in [-0.4, -0.2) is 52.9 Å². The van der Waals surface area contributed by atoms with Gasteiger partial charge in [0.15, 0.2) is 5.79 Å². The van der Waals surface area contributed by atoms with Gasteiger partial charge in [0.05, 0.1) is 17.8 Å². The van der Waals surface area contributed by atoms with E-state index in [1.165, 1.54) is 36.8 Å². The quantitative estimate of drug-likeness (QED) is 0.131. The van der Waals surface area contributed by atoms with E-state index < -0.39 is 11.4 Å². The van der Waals surface area contributed by atoms with E-state index in [1.54, 1.807) is 13.8 Å². The lowest BCUT2D eigenvalue weighted by atomic mass is 9.92. The maximum Gasteiger partial charge on any atom is 0.306 e. The van der Waals surface area contributed by atoms with E-state index in [4.69, 9.17) is 24.7 Å². The van der Waals surface area contributed by atoms with Crippen LogP contribution < -0.4 is 4.74 Å². The second-order valence-corrected chi connectivity index (χ2v) is 12.1. The minimum atomic E-state index is -0.958. The number of fused-ring (bicyclic) bond motifs is 1. The lowest BCUT2D eigenvalue weighted by Gasteiger charge is -2.19. The number of aliphatic hydroxyl groups is 2. The maximum absolute atomic E-state index is 12.0. The van der Waals surface area contributed by atoms with Gasteiger partial charge in [0.25, 0.3) is 0 Å². The average Bonchev–Trinajstić information content (AvgIpc) is 3.78. The molecule has 0 amide bonds. The summed E-state index contributed by atoms with van der Waals surface area (Å²) < 4.78 is 15.5. The van der Waals surface area contributed by atoms with Crippen molar-refractivity contribution >= 4 is 22.9 Å². The second-order valence-electron chi connectivity index (χ2n) is 12.1. The van der Waals surface area contributed by atoms with Gasteiger partial charge in [0.2, 0.25) is 0 Å². The average molecular weight is 578 g/mol. The van der Waals surface area contributed by atoms with Crippen LogP contribution in [0.15, 0.2) is 54.6 Å². The second kappa shape index (κ2) is 15.3. The van der Waals surface area contributed by atoms with Gasteiger partial charge in [-0.15, -0.1) is 0 Å². The van der Waals surface area contributed by atoms with E-state index in [0.717, 1.165) is 41.5 Å². The summed E-state index contributed by atoms with van der Waals surface area (Å²) in [4.78, 5) is 17.1. The van der Waals surface area contributed by atoms with Crippen LogP contribution in [0.3, 0.4) is 0 Å². The van der Waals surface area contributed by atoms with Gasteiger partial charge in [-0.3, -0.25) is 9.78 Å². The predicted octanol–water partition coefficient (Wildman–Crippen LogP) is 7.43. The van der Waals surface area contributed by atoms with Gasteiger partial charge in [-0.2, -0.15) is 0 Å². The molecule has 1 heterocycles. The van der Waals surface area contributed by atoms with Gasteiger partial charge < -0.3 is 24.4 Å². The van der Waals surface area contributed by atoms with Crippen molar-refractivity contribution in [1.82, 2.24) is 4.98 Å². The third-order valence-corrected chi connectivity index (χ3v) is 6.63. The number of allylic oxidation sites excluding steroid dienone is 1. The van der Waals surface area contributed by atoms with Crippen LogP contribution in [0.5, 0.6) is 5.75 Å². The number of methoxy groups -OCH3 is 1. The summed E-state index contributed by atoms with van der Waals surface area (Å²) in [6.07, 6.45) is 9.89. The molecule has 0 bridgehead atoms. The van der Waals surface area contributed by atoms with Crippen LogP contribution in [0.25, 0.3) is 28.1 Å². The minimum absolute atomic E-state index is 0.00575. The summed E-state index contributed by atoms with van der Waals surface area (Å²) in [5.41, 5.74) is 5.27. The van der Waals surface area contributed by atoms with Crippen molar-refractivity contribution in [1.29, 1.82) is 0 Å². The number of hydrogen-bond donors (Lipinski definition) is 2. The van der Waals surface area contributed by atoms with E-state index in [1.807, 2.05) is 39.0 Å². The summed E-state index contributed by atoms with van der Waals surface area (Å²) in [7, 11) is 1.46. The standard InChI is InChI=1S/C31H37NO4.C4H10O2/c1-31(2,3)36-28(34)13-7-5-4-6-11-26-29(22-16-18-24(19-17-22)35-21-20-33)25-10-8-9-12-27(25)32-30(26)23-14-15-23;1-4(2,5)6-3/h6,8-12,16-19,23,33H,4-5,7,13-15,20-21H2,1-3H3;5H,1-3H3/b11-6+;. The van der Waals surface area contributed by atoms with Gasteiger partial charge in [-0.1, -0.05) is 42.5 Å². The molecule has 1 aromatic heterocycles. The minimum Gasteiger partial charge on any atom is -0.491 e. The summed E-state index contributed by atoms with van der Waals surface area (Å²) in [5.74, 6) is 0.165. The van der Waals surface area contributed by atoms with Crippen LogP contribution in [0.2, 0.25) is 0 Å². The van der Waals surface area contributed by atoms with Crippen molar-refractivity contribution < 1.29 is 29.2 Å². The number of para-hydroxylation sites is 1. The number of rotatable bonds is 12. The van der Waals surface area contributed by atoms with Crippen LogP contribution in [0.4, 0.5) is 0 Å². The van der Waals surface area contributed by atoms with Crippen LogP contribution in [-0.2, 0) is 14.3 Å². The summed E-state index contributed by atoms with van der Waals surface area (Å²) in [6, 6.07) is 16.4. The first-order valence-electron chi connectivity index (χ1n) is 14.8. The smallest absolute Gasteiger partial charge is 0.306 e. The van der Waals surface area contributed by atoms with Crippen molar-refractivity contribution in [2.45, 2.75) is 90.4 Å². The van der Waals surface area contributed by atoms with Crippen molar-refractivity contribution in [3.8, 4) is 16.9 Å². The van der Waals surface area contributed by atoms with E-state index >= 15 is 0 Å². The number of unbranched alkanes of at least 4 members (excludes halogenated alkanes) is 2. The SMILES string of the molecule is CC(C)(C)OC(=O)CCCC/C=C/c1c(C2CC2)nc2ccccc2c1-c1ccc(OCCO)cc1.COC(C)(C)O. The Kier molecular flexibility index (Phi) is 12.1. The van der Waals surface area contributed by atoms with Gasteiger partial charge in [-0.25, -0.2) is 0 Å². The van der Waals surface area contributed by atoms with Crippen molar-refractivity contribution in [2.75, 3.05) is 20.3 Å². The number of benzene rings is 2. The Hall–Kier alpha value is -3.26. The molecule has 228 valence electrons. The van der Waals surface area contributed by atoms with Crippen LogP contribution in [0.1, 0.15) is 90.3 Å². The number of hydrogen-bond acceptors (Lipinski definition) is 7. The molecule has 0 unspecified atom stereocenters. The van der Waals surface area contributed by atoms with Crippen LogP contribution >= 0.6 is 0 Å². The van der Waals surface area contributed by atoms with Gasteiger partial charge in [-0.05, 0) is 90.5 Å². The Bertz CT molecular complexity index is 1310. The molecule has 0 aliphatic heterocycles. The first-order chi connectivity index (χ1) is 19.9. The number of aromatic nitrogens is 1. The highest BCUT2D eigenvalue weighted by atomic mass is 16.6. The number of carbonyl (C=O) groups excluding carboxylic acids is 1. The molecule has 3 aromatic rings. The highest BCUT2D eigenvalue weighted by Crippen LogP contribution is 2.45. The zero-order valence-corrected chi connectivity index (χ0v) is 26.0. The molecule has 7 nitrogen and oxygen atoms in total. The number of nitrogens with zero attached hydrogens (tertiary/aromatic N) is 1. The molecule has 42 heavy (non-hydrogen) atoms. The molecule has 0 saturated heterocycles. The molecular weight excluding hydrogens is 530 g/mol. The molecule has 4 rings (SSSR count). The van der Waals surface area contributed by atoms with Crippen molar-refractivity contribution in [2.24, 2.45) is 0 Å². The molecule has 1 fully saturated rings. The maximum atomic E-state index is 12.0. The number of esters is 1. The molecule has 1 aliphatic carbocycles. The highest BCUT2D eigenvalue weighted by molar-refractivity contribution is 5.99. The largest absolute Gasteiger partial charge is 0.491 e. The topological polar surface area (TPSA) is 98.1 Å². The number of aliphatic hydroxyl groups excluding tert-OH is 1. The molecule has 2 aromatic carbocycles. The molecule has 0 spiro atoms. The molecule has 0 radical (unpaired) electrons. The molecule has 2 N–H and O–H groups in total. The van der Waals surface area contributed by atoms with E-state index in [2.05, 4.69) is 47.2 Å². The van der Waals surface area contributed by atoms with E-state index in [0.29, 0.717) is 12.3 Å². The molecule has 0 atom stereocenters. The third-order valence-electron chi connectivity index (χ3n) is 6.63. The Morgan fingerprint density at radius 1 is 1.02 bits per heavy atom. The lowest BCUT2D eigenvalue weighted by Crippen LogP contribution is -2.23. The van der Waals surface area contributed by atoms with Gasteiger partial charge in [0.1, 0.15) is 18.0 Å². The Labute approximate surface area is 250 Å². The Morgan fingerprint density at radius 3 is 2.29 bits per heavy atom. The van der Waals surface area contributed by atoms with E-state index in [9.17, 15) is 4.79 Å². The Morgan fingerprint density at radius 2 is 1.69 bits per heavy atom. The number of ether oxygens (including phenoxy) is 3. The van der Waals surface area contributed by atoms with Crippen LogP contribution in [0, 0.1) is 0 Å². The monoisotopic (exact) mass is 577 g/mol. The zero-order valence-electron chi connectivity index (χ0n) is 26.0. The third kappa shape index (κ3) is 10.9. The van der Waals surface area contributed by atoms with Crippen molar-refractivity contribution in [3.05, 3.63) is 65.9 Å². The summed E-state index contributed by atoms with van der Waals surface area (Å²) in [6.45, 7) is 9.13. The molecule has 1 aliphatic rings. The fourth-order valence-corrected chi connectivity index (χ4v) is 4.40. The normalized spacial score (nSPS) is 13.6. The fraction of sp³-hybridized carbons (Fsp3) is 0.486. The Balaban J connectivity index is 0.000000730. The lowest BCUT2D eigenvalue weighted by molar-refractivity contribution is -0.155. The molecular formula is C35H47NO6. The highest BCUT2D eigenvalue weighted by Gasteiger charge is 2.29. The van der Waals surface area contributed by atoms with Crippen molar-refractivity contribution in [3.63, 3.8) is 0 Å². The fourth-order valence-electron chi connectivity index (χ4n) is 4.40. The first-order valence-corrected chi connectivity index (χ1v) is 14.8. The summed E-state index contributed by atoms with van der Waals surface area (Å²) >= 11 is 0. The van der Waals surface area contributed by atoms with E-state index in [-0.39, 0.29) is 19.2 Å². The zero-order chi connectivity index (χ0) is 30.8. The number of pyridine rings is 1. The number of carbonyl (C=O) groups is 1. The predicted molar refractivity (Wildman–Crippen MR) is 168 cm³/mol. The molecule has 7 heteroatoms. The molecule has 1 saturated carbocycles. The summed E-state index contributed by atoms with van der Waals surface area (Å²) in [5, 5.41) is 18.8. The first kappa shape index (κ1) is 33.2.